The molecular weight excluding hydrogens is 236 g/mol. The van der Waals surface area contributed by atoms with Crippen molar-refractivity contribution in [1.82, 2.24) is 9.97 Å². The monoisotopic (exact) mass is 246 g/mol. The van der Waals surface area contributed by atoms with Crippen LogP contribution in [0.4, 0.5) is 0 Å². The third kappa shape index (κ3) is 2.54. The first-order valence-electron chi connectivity index (χ1n) is 5.12. The Bertz CT molecular complexity index is 581. The highest BCUT2D eigenvalue weighted by molar-refractivity contribution is 5.89. The molecule has 2 aromatic rings. The van der Waals surface area contributed by atoms with Gasteiger partial charge in [0.1, 0.15) is 17.1 Å². The first-order valence-corrected chi connectivity index (χ1v) is 5.12. The third-order valence-electron chi connectivity index (χ3n) is 2.35. The highest BCUT2D eigenvalue weighted by atomic mass is 16.4. The number of benzene rings is 1. The summed E-state index contributed by atoms with van der Waals surface area (Å²) in [6.07, 6.45) is 1.41. The van der Waals surface area contributed by atoms with Gasteiger partial charge < -0.3 is 15.3 Å². The van der Waals surface area contributed by atoms with E-state index >= 15 is 0 Å². The van der Waals surface area contributed by atoms with Gasteiger partial charge in [-0.3, -0.25) is 0 Å². The van der Waals surface area contributed by atoms with Crippen molar-refractivity contribution in [2.24, 2.45) is 0 Å². The van der Waals surface area contributed by atoms with Gasteiger partial charge in [0.05, 0.1) is 0 Å². The molecule has 0 saturated carbocycles. The lowest BCUT2D eigenvalue weighted by Gasteiger charge is -2.03. The average Bonchev–Trinajstić information content (AvgIpc) is 2.32. The minimum Gasteiger partial charge on any atom is -0.508 e. The molecule has 0 atom stereocenters. The van der Waals surface area contributed by atoms with E-state index in [1.165, 1.54) is 12.1 Å². The summed E-state index contributed by atoms with van der Waals surface area (Å²) in [5.41, 5.74) is 0.514. The van der Waals surface area contributed by atoms with Gasteiger partial charge in [-0.15, -0.1) is 0 Å². The number of carboxylic acid groups (broad SMARTS) is 1. The Labute approximate surface area is 102 Å². The maximum Gasteiger partial charge on any atom is 0.342 e. The number of carboxylic acids is 1. The molecule has 2 rings (SSSR count). The van der Waals surface area contributed by atoms with E-state index in [4.69, 9.17) is 10.2 Å². The van der Waals surface area contributed by atoms with E-state index < -0.39 is 11.8 Å². The number of rotatable bonds is 3. The molecule has 1 heterocycles. The number of phenols is 1. The molecule has 1 aromatic carbocycles. The average molecular weight is 246 g/mol. The van der Waals surface area contributed by atoms with E-state index in [1.807, 2.05) is 0 Å². The predicted molar refractivity (Wildman–Crippen MR) is 61.6 cm³/mol. The van der Waals surface area contributed by atoms with Gasteiger partial charge in [0.2, 0.25) is 5.88 Å². The molecular formula is C12H10N2O4. The summed E-state index contributed by atoms with van der Waals surface area (Å²) in [4.78, 5) is 18.2. The van der Waals surface area contributed by atoms with Gasteiger partial charge in [0.25, 0.3) is 0 Å². The summed E-state index contributed by atoms with van der Waals surface area (Å²) in [7, 11) is 0. The van der Waals surface area contributed by atoms with E-state index in [1.54, 1.807) is 12.1 Å². The molecule has 6 nitrogen and oxygen atoms in total. The summed E-state index contributed by atoms with van der Waals surface area (Å²) in [5, 5.41) is 27.2. The third-order valence-corrected chi connectivity index (χ3v) is 2.35. The Balaban J connectivity index is 2.22. The van der Waals surface area contributed by atoms with Crippen LogP contribution in [-0.2, 0) is 6.42 Å². The molecule has 0 bridgehead atoms. The predicted octanol–water partition coefficient (Wildman–Crippen LogP) is 1.18. The van der Waals surface area contributed by atoms with Crippen LogP contribution in [0.2, 0.25) is 0 Å². The van der Waals surface area contributed by atoms with Crippen LogP contribution < -0.4 is 0 Å². The minimum absolute atomic E-state index is 0.156. The van der Waals surface area contributed by atoms with Crippen molar-refractivity contribution < 1.29 is 20.1 Å². The highest BCUT2D eigenvalue weighted by Crippen LogP contribution is 2.15. The molecule has 0 spiro atoms. The molecule has 0 aliphatic carbocycles. The molecule has 1 aromatic heterocycles. The molecule has 92 valence electrons. The van der Waals surface area contributed by atoms with Gasteiger partial charge in [-0.25, -0.2) is 9.78 Å². The lowest BCUT2D eigenvalue weighted by atomic mass is 10.1. The second kappa shape index (κ2) is 4.70. The van der Waals surface area contributed by atoms with Crippen LogP contribution in [0, 0.1) is 0 Å². The Morgan fingerprint density at radius 3 is 2.39 bits per heavy atom. The summed E-state index contributed by atoms with van der Waals surface area (Å²) < 4.78 is 0. The lowest BCUT2D eigenvalue weighted by Crippen LogP contribution is -2.03. The Hall–Kier alpha value is -2.63. The summed E-state index contributed by atoms with van der Waals surface area (Å²) >= 11 is 0. The Morgan fingerprint density at radius 1 is 1.17 bits per heavy atom. The summed E-state index contributed by atoms with van der Waals surface area (Å²) in [6, 6.07) is 6.45. The van der Waals surface area contributed by atoms with E-state index in [0.717, 1.165) is 11.8 Å². The van der Waals surface area contributed by atoms with E-state index in [9.17, 15) is 9.90 Å². The van der Waals surface area contributed by atoms with Crippen molar-refractivity contribution >= 4 is 5.97 Å². The van der Waals surface area contributed by atoms with Crippen LogP contribution in [0.1, 0.15) is 21.7 Å². The zero-order chi connectivity index (χ0) is 13.1. The molecule has 0 fully saturated rings. The van der Waals surface area contributed by atoms with Gasteiger partial charge in [-0.05, 0) is 17.7 Å². The van der Waals surface area contributed by atoms with Gasteiger partial charge in [-0.1, -0.05) is 12.1 Å². The van der Waals surface area contributed by atoms with Crippen LogP contribution >= 0.6 is 0 Å². The maximum absolute atomic E-state index is 10.7. The molecule has 6 heteroatoms. The number of aromatic hydroxyl groups is 2. The van der Waals surface area contributed by atoms with Crippen LogP contribution in [0.3, 0.4) is 0 Å². The van der Waals surface area contributed by atoms with E-state index in [0.29, 0.717) is 12.2 Å². The molecule has 0 aliphatic rings. The largest absolute Gasteiger partial charge is 0.508 e. The number of carbonyl (C=O) groups is 1. The number of aromatic carboxylic acids is 1. The first-order chi connectivity index (χ1) is 8.56. The number of phenolic OH excluding ortho intramolecular Hbond substituents is 1. The maximum atomic E-state index is 10.7. The summed E-state index contributed by atoms with van der Waals surface area (Å²) in [5.74, 6) is -1.36. The topological polar surface area (TPSA) is 104 Å². The zero-order valence-electron chi connectivity index (χ0n) is 9.24. The normalized spacial score (nSPS) is 10.2. The zero-order valence-corrected chi connectivity index (χ0v) is 9.24. The smallest absolute Gasteiger partial charge is 0.342 e. The molecule has 18 heavy (non-hydrogen) atoms. The number of nitrogens with zero attached hydrogens (tertiary/aromatic N) is 2. The van der Waals surface area contributed by atoms with Crippen LogP contribution in [0.15, 0.2) is 30.5 Å². The Kier molecular flexibility index (Phi) is 3.09. The van der Waals surface area contributed by atoms with Gasteiger partial charge >= 0.3 is 5.97 Å². The van der Waals surface area contributed by atoms with E-state index in [-0.39, 0.29) is 11.3 Å². The SMILES string of the molecule is O=C(O)c1cnc(Cc2ccc(O)cc2)nc1O. The van der Waals surface area contributed by atoms with Gasteiger partial charge in [0.15, 0.2) is 0 Å². The highest BCUT2D eigenvalue weighted by Gasteiger charge is 2.12. The summed E-state index contributed by atoms with van der Waals surface area (Å²) in [6.45, 7) is 0. The molecule has 0 saturated heterocycles. The molecule has 0 radical (unpaired) electrons. The Morgan fingerprint density at radius 2 is 1.83 bits per heavy atom. The molecule has 0 amide bonds. The van der Waals surface area contributed by atoms with Crippen molar-refractivity contribution in [3.8, 4) is 11.6 Å². The van der Waals surface area contributed by atoms with Crippen LogP contribution in [0.5, 0.6) is 11.6 Å². The number of aromatic nitrogens is 2. The molecule has 0 unspecified atom stereocenters. The van der Waals surface area contributed by atoms with Crippen molar-refractivity contribution in [2.75, 3.05) is 0 Å². The van der Waals surface area contributed by atoms with Crippen molar-refractivity contribution in [3.63, 3.8) is 0 Å². The fourth-order valence-corrected chi connectivity index (χ4v) is 1.44. The number of hydrogen-bond acceptors (Lipinski definition) is 5. The molecule has 3 N–H and O–H groups in total. The van der Waals surface area contributed by atoms with E-state index in [2.05, 4.69) is 9.97 Å². The fraction of sp³-hybridized carbons (Fsp3) is 0.0833. The quantitative estimate of drug-likeness (QED) is 0.751. The standard InChI is InChI=1S/C12H10N2O4/c15-8-3-1-7(2-4-8)5-10-13-6-9(12(17)18)11(16)14-10/h1-4,6,15H,5H2,(H,17,18)(H,13,14,16). The van der Waals surface area contributed by atoms with Crippen molar-refractivity contribution in [2.45, 2.75) is 6.42 Å². The second-order valence-electron chi connectivity index (χ2n) is 3.67. The van der Waals surface area contributed by atoms with Gasteiger partial charge in [-0.2, -0.15) is 4.98 Å². The van der Waals surface area contributed by atoms with Crippen LogP contribution in [0.25, 0.3) is 0 Å². The molecule has 0 aliphatic heterocycles. The second-order valence-corrected chi connectivity index (χ2v) is 3.67. The number of hydrogen-bond donors (Lipinski definition) is 3. The lowest BCUT2D eigenvalue weighted by molar-refractivity contribution is 0.0692. The first kappa shape index (κ1) is 11.8. The minimum atomic E-state index is -1.27. The van der Waals surface area contributed by atoms with Gasteiger partial charge in [0, 0.05) is 12.6 Å². The van der Waals surface area contributed by atoms with Crippen LogP contribution in [-0.4, -0.2) is 31.3 Å². The van der Waals surface area contributed by atoms with Crippen molar-refractivity contribution in [3.05, 3.63) is 47.4 Å². The van der Waals surface area contributed by atoms with Crippen molar-refractivity contribution in [1.29, 1.82) is 0 Å². The fourth-order valence-electron chi connectivity index (χ4n) is 1.44.